The Balaban J connectivity index is 1.12. The first-order valence-corrected chi connectivity index (χ1v) is 24.3. The minimum Gasteiger partial charge on any atom is -0.459 e. The number of hydrogen-bond acceptors (Lipinski definition) is 16. The highest BCUT2D eigenvalue weighted by molar-refractivity contribution is 6.60. The van der Waals surface area contributed by atoms with Gasteiger partial charge in [-0.1, -0.05) is 48.5 Å². The maximum atomic E-state index is 14.3. The van der Waals surface area contributed by atoms with Crippen LogP contribution in [-0.4, -0.2) is 83.1 Å². The zero-order valence-corrected chi connectivity index (χ0v) is 43.5. The summed E-state index contributed by atoms with van der Waals surface area (Å²) in [6.07, 6.45) is 1.10. The fraction of sp³-hybridized carbons (Fsp3) is 0.241. The molecule has 2 amide bonds. The summed E-state index contributed by atoms with van der Waals surface area (Å²) in [5, 5.41) is 14.5. The summed E-state index contributed by atoms with van der Waals surface area (Å²) in [5.74, 6) is -5.75. The van der Waals surface area contributed by atoms with Crippen molar-refractivity contribution in [2.45, 2.75) is 93.7 Å². The predicted octanol–water partition coefficient (Wildman–Crippen LogP) is 9.41. The van der Waals surface area contributed by atoms with E-state index in [1.165, 1.54) is 48.6 Å². The van der Waals surface area contributed by atoms with Gasteiger partial charge in [0.15, 0.2) is 0 Å². The third-order valence-electron chi connectivity index (χ3n) is 11.4. The van der Waals surface area contributed by atoms with Gasteiger partial charge < -0.3 is 29.6 Å². The van der Waals surface area contributed by atoms with Gasteiger partial charge in [-0.15, -0.1) is 0 Å². The normalized spacial score (nSPS) is 13.9. The largest absolute Gasteiger partial charge is 0.459 e. The maximum Gasteiger partial charge on any atom is 0.340 e. The fourth-order valence-corrected chi connectivity index (χ4v) is 7.88. The van der Waals surface area contributed by atoms with Gasteiger partial charge >= 0.3 is 23.9 Å². The molecule has 5 aromatic carbocycles. The summed E-state index contributed by atoms with van der Waals surface area (Å²) in [6, 6.07) is 25.1. The number of amides is 2. The number of aryl methyl sites for hydroxylation is 2. The third kappa shape index (κ3) is 12.5. The van der Waals surface area contributed by atoms with Crippen LogP contribution in [0.1, 0.15) is 130 Å². The molecule has 4 N–H and O–H groups in total. The summed E-state index contributed by atoms with van der Waals surface area (Å²) >= 11 is 0. The number of Topliss-reactive ketones (excluding diaryl/α,β-unsaturated/α-hetero) is 2. The summed E-state index contributed by atoms with van der Waals surface area (Å²) in [4.78, 5) is 109. The van der Waals surface area contributed by atoms with E-state index in [-0.39, 0.29) is 56.2 Å². The van der Waals surface area contributed by atoms with Crippen LogP contribution in [0.25, 0.3) is 12.2 Å². The minimum atomic E-state index is -0.769. The van der Waals surface area contributed by atoms with E-state index >= 15 is 0 Å². The lowest BCUT2D eigenvalue weighted by atomic mass is 9.89. The van der Waals surface area contributed by atoms with Gasteiger partial charge in [0.2, 0.25) is 11.6 Å². The van der Waals surface area contributed by atoms with Crippen molar-refractivity contribution < 1.29 is 57.3 Å². The minimum absolute atomic E-state index is 0.0291. The second-order valence-electron chi connectivity index (χ2n) is 18.8. The van der Waals surface area contributed by atoms with E-state index in [1.54, 1.807) is 130 Å². The molecule has 0 unspecified atom stereocenters. The molecule has 0 radical (unpaired) electrons. The number of benzene rings is 5. The Labute approximate surface area is 438 Å². The van der Waals surface area contributed by atoms with Crippen molar-refractivity contribution in [1.29, 1.82) is 0 Å². The van der Waals surface area contributed by atoms with Gasteiger partial charge in [0, 0.05) is 22.5 Å². The molecule has 0 bridgehead atoms. The number of ether oxygens (including phenoxy) is 4. The molecule has 76 heavy (non-hydrogen) atoms. The molecule has 2 aliphatic rings. The average Bonchev–Trinajstić information content (AvgIpc) is 3.36. The van der Waals surface area contributed by atoms with E-state index in [9.17, 15) is 38.4 Å². The molecular weight excluding hydrogens is 973 g/mol. The van der Waals surface area contributed by atoms with Gasteiger partial charge in [0.1, 0.15) is 11.4 Å². The second kappa shape index (κ2) is 23.3. The molecule has 0 aliphatic heterocycles. The Morgan fingerprint density at radius 3 is 1.13 bits per heavy atom. The molecule has 0 spiro atoms. The second-order valence-corrected chi connectivity index (χ2v) is 18.8. The average molecular weight is 1030 g/mol. The first kappa shape index (κ1) is 54.5. The molecule has 18 heteroatoms. The Morgan fingerprint density at radius 2 is 0.776 bits per heavy atom. The van der Waals surface area contributed by atoms with Gasteiger partial charge in [-0.2, -0.15) is 10.2 Å². The Hall–Kier alpha value is -9.32. The van der Waals surface area contributed by atoms with Crippen molar-refractivity contribution in [3.63, 3.8) is 0 Å². The number of ketones is 2. The van der Waals surface area contributed by atoms with Crippen LogP contribution in [0.5, 0.6) is 0 Å². The number of anilines is 4. The lowest BCUT2D eigenvalue weighted by molar-refractivity contribution is -0.118. The molecule has 18 nitrogen and oxygen atoms in total. The van der Waals surface area contributed by atoms with Gasteiger partial charge in [0.25, 0.3) is 11.8 Å². The molecule has 7 rings (SSSR count). The summed E-state index contributed by atoms with van der Waals surface area (Å²) in [6.45, 7) is 16.9. The van der Waals surface area contributed by atoms with Gasteiger partial charge in [0.05, 0.1) is 69.2 Å². The molecule has 0 atom stereocenters. The molecular formula is C58H56N6O12. The van der Waals surface area contributed by atoms with Crippen LogP contribution in [-0.2, 0) is 38.1 Å². The smallest absolute Gasteiger partial charge is 0.340 e. The highest BCUT2D eigenvalue weighted by Gasteiger charge is 2.33. The Kier molecular flexibility index (Phi) is 16.7. The monoisotopic (exact) mass is 1030 g/mol. The van der Waals surface area contributed by atoms with Crippen molar-refractivity contribution in [3.05, 3.63) is 164 Å². The number of carbonyl (C=O) groups is 8. The maximum absolute atomic E-state index is 14.3. The lowest BCUT2D eigenvalue weighted by Crippen LogP contribution is -2.31. The van der Waals surface area contributed by atoms with Crippen LogP contribution < -0.4 is 21.5 Å². The first-order chi connectivity index (χ1) is 36.1. The van der Waals surface area contributed by atoms with E-state index in [1.807, 2.05) is 0 Å². The van der Waals surface area contributed by atoms with Crippen LogP contribution in [0.4, 0.5) is 22.7 Å². The van der Waals surface area contributed by atoms with Gasteiger partial charge in [-0.3, -0.25) is 30.0 Å². The number of fused-ring (bicyclic) bond motifs is 2. The van der Waals surface area contributed by atoms with Crippen molar-refractivity contribution in [3.8, 4) is 0 Å². The summed E-state index contributed by atoms with van der Waals surface area (Å²) in [5.41, 5.74) is 8.46. The fourth-order valence-electron chi connectivity index (χ4n) is 7.88. The molecule has 2 aliphatic carbocycles. The molecule has 5 aromatic rings. The SMILES string of the molecule is Cc1cc(NC(=O)C2=Cc3ccccc3/C(=N\Nc3cc(C(=O)OC(C)C)ccc3C(=O)OC(C)C)C2=O)c(C)cc1NC(=O)C1=Cc2ccccc2/C(=N/Nc2cc(C(=O)OC(C)C)ccc2C(=O)OC(C)C)C1=O. The zero-order chi connectivity index (χ0) is 55.1. The zero-order valence-electron chi connectivity index (χ0n) is 43.5. The van der Waals surface area contributed by atoms with Crippen LogP contribution in [0.2, 0.25) is 0 Å². The number of esters is 4. The van der Waals surface area contributed by atoms with Gasteiger partial charge in [-0.05, 0) is 152 Å². The highest BCUT2D eigenvalue weighted by Crippen LogP contribution is 2.31. The number of nitrogens with zero attached hydrogens (tertiary/aromatic N) is 2. The summed E-state index contributed by atoms with van der Waals surface area (Å²) in [7, 11) is 0. The first-order valence-electron chi connectivity index (χ1n) is 24.3. The van der Waals surface area contributed by atoms with E-state index < -0.39 is 71.7 Å². The summed E-state index contributed by atoms with van der Waals surface area (Å²) < 4.78 is 21.5. The van der Waals surface area contributed by atoms with E-state index in [0.29, 0.717) is 44.8 Å². The standard InChI is InChI=1S/C58H56N6O12/c1-29(2)73-55(69)37-19-21-41(57(71)75-31(5)6)47(27-37)61-63-49-39-17-13-11-15-35(39)25-43(51(49)65)53(67)59-45-23-34(10)46(24-33(45)9)60-54(68)44-26-36-16-12-14-18-40(36)50(52(44)66)64-62-48-28-38(56(70)74-30(3)4)20-22-42(48)58(72)76-32(7)8/h11-32,61-62H,1-10H3,(H,59,67)(H,60,68)/b63-49-,64-50+. The van der Waals surface area contributed by atoms with Crippen LogP contribution in [0.15, 0.2) is 118 Å². The number of hydrazone groups is 2. The van der Waals surface area contributed by atoms with E-state index in [4.69, 9.17) is 18.9 Å². The molecule has 0 saturated heterocycles. The van der Waals surface area contributed by atoms with Crippen molar-refractivity contribution >= 4 is 93.6 Å². The highest BCUT2D eigenvalue weighted by atomic mass is 16.6. The molecule has 390 valence electrons. The van der Waals surface area contributed by atoms with Crippen LogP contribution in [0.3, 0.4) is 0 Å². The van der Waals surface area contributed by atoms with Crippen molar-refractivity contribution in [2.75, 3.05) is 21.5 Å². The van der Waals surface area contributed by atoms with E-state index in [0.717, 1.165) is 0 Å². The molecule has 0 fully saturated rings. The molecule has 0 heterocycles. The van der Waals surface area contributed by atoms with Crippen LogP contribution in [0, 0.1) is 13.8 Å². The van der Waals surface area contributed by atoms with Gasteiger partial charge in [-0.25, -0.2) is 19.2 Å². The van der Waals surface area contributed by atoms with Crippen molar-refractivity contribution in [1.82, 2.24) is 0 Å². The lowest BCUT2D eigenvalue weighted by Gasteiger charge is -2.20. The third-order valence-corrected chi connectivity index (χ3v) is 11.4. The number of hydrogen-bond donors (Lipinski definition) is 4. The quantitative estimate of drug-likeness (QED) is 0.0311. The number of carbonyl (C=O) groups excluding carboxylic acids is 8. The topological polar surface area (TPSA) is 246 Å². The predicted molar refractivity (Wildman–Crippen MR) is 287 cm³/mol. The Bertz CT molecular complexity index is 3140. The van der Waals surface area contributed by atoms with Crippen molar-refractivity contribution in [2.24, 2.45) is 10.2 Å². The number of rotatable bonds is 16. The number of nitrogens with one attached hydrogen (secondary N) is 4. The molecule has 0 aromatic heterocycles. The van der Waals surface area contributed by atoms with Crippen LogP contribution >= 0.6 is 0 Å². The van der Waals surface area contributed by atoms with E-state index in [2.05, 4.69) is 31.7 Å². The Morgan fingerprint density at radius 1 is 0.434 bits per heavy atom. The molecule has 0 saturated carbocycles.